The summed E-state index contributed by atoms with van der Waals surface area (Å²) in [6.45, 7) is 7.04. The molecular weight excluding hydrogens is 526 g/mol. The van der Waals surface area contributed by atoms with E-state index >= 15 is 0 Å². The lowest BCUT2D eigenvalue weighted by Gasteiger charge is -2.33. The van der Waals surface area contributed by atoms with Gasteiger partial charge in [0.2, 0.25) is 0 Å². The van der Waals surface area contributed by atoms with E-state index < -0.39 is 11.5 Å². The number of amides is 3. The van der Waals surface area contributed by atoms with Crippen molar-refractivity contribution in [3.63, 3.8) is 0 Å². The number of halogens is 1. The van der Waals surface area contributed by atoms with Crippen LogP contribution in [-0.4, -0.2) is 46.1 Å². The van der Waals surface area contributed by atoms with E-state index in [1.165, 1.54) is 5.56 Å². The van der Waals surface area contributed by atoms with Crippen LogP contribution in [0.3, 0.4) is 0 Å². The van der Waals surface area contributed by atoms with Gasteiger partial charge in [-0.15, -0.1) is 0 Å². The molecule has 0 aliphatic carbocycles. The Morgan fingerprint density at radius 2 is 1.68 bits per heavy atom. The van der Waals surface area contributed by atoms with Crippen LogP contribution < -0.4 is 5.32 Å². The second kappa shape index (κ2) is 9.66. The maximum Gasteiger partial charge on any atom is 0.410 e. The van der Waals surface area contributed by atoms with Crippen LogP contribution in [0.1, 0.15) is 59.9 Å². The van der Waals surface area contributed by atoms with Crippen molar-refractivity contribution in [1.29, 1.82) is 0 Å². The number of aryl methyl sites for hydroxylation is 1. The first kappa shape index (κ1) is 26.4. The Hall–Kier alpha value is -3.84. The zero-order valence-corrected chi connectivity index (χ0v) is 23.9. The van der Waals surface area contributed by atoms with Gasteiger partial charge in [-0.25, -0.2) is 4.79 Å². The number of imide groups is 1. The highest BCUT2D eigenvalue weighted by Crippen LogP contribution is 2.42. The monoisotopic (exact) mass is 557 g/mol. The number of rotatable bonds is 3. The zero-order valence-electron chi connectivity index (χ0n) is 23.1. The second-order valence-corrected chi connectivity index (χ2v) is 12.3. The van der Waals surface area contributed by atoms with Gasteiger partial charge in [-0.1, -0.05) is 41.9 Å². The molecule has 0 bridgehead atoms. The number of nitrogens with zero attached hydrogens (tertiary/aromatic N) is 2. The molecule has 4 aromatic rings. The van der Waals surface area contributed by atoms with Crippen molar-refractivity contribution in [2.75, 3.05) is 13.1 Å². The van der Waals surface area contributed by atoms with Crippen LogP contribution >= 0.6 is 11.6 Å². The van der Waals surface area contributed by atoms with E-state index in [9.17, 15) is 14.4 Å². The molecule has 1 N–H and O–H groups in total. The lowest BCUT2D eigenvalue weighted by molar-refractivity contribution is 0.0184. The van der Waals surface area contributed by atoms with Gasteiger partial charge in [-0.3, -0.25) is 14.9 Å². The molecule has 7 nitrogen and oxygen atoms in total. The Morgan fingerprint density at radius 1 is 0.975 bits per heavy atom. The minimum Gasteiger partial charge on any atom is -0.444 e. The van der Waals surface area contributed by atoms with Gasteiger partial charge in [0, 0.05) is 47.0 Å². The van der Waals surface area contributed by atoms with Crippen LogP contribution in [0.4, 0.5) is 4.79 Å². The maximum atomic E-state index is 13.1. The topological polar surface area (TPSA) is 80.6 Å². The molecule has 40 heavy (non-hydrogen) atoms. The van der Waals surface area contributed by atoms with Gasteiger partial charge in [0.25, 0.3) is 11.8 Å². The van der Waals surface area contributed by atoms with Crippen molar-refractivity contribution in [3.8, 4) is 11.1 Å². The number of benzene rings is 3. The Labute approximate surface area is 238 Å². The van der Waals surface area contributed by atoms with Crippen LogP contribution in [0, 0.1) is 5.92 Å². The van der Waals surface area contributed by atoms with E-state index in [2.05, 4.69) is 28.1 Å². The molecule has 8 heteroatoms. The molecular formula is C32H32ClN3O4. The molecule has 1 fully saturated rings. The number of piperidine rings is 1. The standard InChI is InChI=1S/C32H32ClN3O4/c1-32(2,3)40-31(39)36-13-11-18(12-14-36)15-19-9-10-21-24(16-19)35(4)25-17-22(20-7-5-6-8-23(20)33)27-28(26(21)25)30(38)34-29(27)37/h5-10,16-18H,11-15H2,1-4H3,(H,34,37,38). The quantitative estimate of drug-likeness (QED) is 0.283. The molecule has 6 rings (SSSR count). The van der Waals surface area contributed by atoms with Gasteiger partial charge >= 0.3 is 6.09 Å². The Bertz CT molecular complexity index is 1710. The average Bonchev–Trinajstić information content (AvgIpc) is 3.35. The van der Waals surface area contributed by atoms with Crippen LogP contribution in [0.2, 0.25) is 5.02 Å². The number of ether oxygens (including phenoxy) is 1. The predicted molar refractivity (Wildman–Crippen MR) is 157 cm³/mol. The smallest absolute Gasteiger partial charge is 0.410 e. The molecule has 3 amide bonds. The van der Waals surface area contributed by atoms with E-state index in [1.54, 1.807) is 11.0 Å². The van der Waals surface area contributed by atoms with Crippen molar-refractivity contribution < 1.29 is 19.1 Å². The fourth-order valence-corrected chi connectivity index (χ4v) is 6.33. The van der Waals surface area contributed by atoms with Crippen LogP contribution in [0.25, 0.3) is 32.9 Å². The highest BCUT2D eigenvalue weighted by atomic mass is 35.5. The molecule has 2 aliphatic rings. The summed E-state index contributed by atoms with van der Waals surface area (Å²) in [7, 11) is 1.99. The third-order valence-corrected chi connectivity index (χ3v) is 8.33. The maximum absolute atomic E-state index is 13.1. The number of carbonyl (C=O) groups is 3. The second-order valence-electron chi connectivity index (χ2n) is 11.9. The number of fused-ring (bicyclic) bond motifs is 5. The summed E-state index contributed by atoms with van der Waals surface area (Å²) >= 11 is 6.53. The van der Waals surface area contributed by atoms with E-state index in [0.717, 1.165) is 46.6 Å². The number of aromatic nitrogens is 1. The normalized spacial score (nSPS) is 16.1. The minimum atomic E-state index is -0.496. The summed E-state index contributed by atoms with van der Waals surface area (Å²) < 4.78 is 7.63. The largest absolute Gasteiger partial charge is 0.444 e. The summed E-state index contributed by atoms with van der Waals surface area (Å²) in [6, 6.07) is 15.7. The molecule has 3 aromatic carbocycles. The van der Waals surface area contributed by atoms with Crippen molar-refractivity contribution in [2.24, 2.45) is 13.0 Å². The predicted octanol–water partition coefficient (Wildman–Crippen LogP) is 6.73. The number of hydrogen-bond donors (Lipinski definition) is 1. The Balaban J connectivity index is 1.34. The molecule has 206 valence electrons. The lowest BCUT2D eigenvalue weighted by atomic mass is 9.89. The molecule has 1 aromatic heterocycles. The molecule has 0 radical (unpaired) electrons. The SMILES string of the molecule is Cn1c2cc(CC3CCN(C(=O)OC(C)(C)C)CC3)ccc2c2c3c(c(-c4ccccc4Cl)cc21)C(=O)NC3=O. The van der Waals surface area contributed by atoms with Gasteiger partial charge in [0.1, 0.15) is 5.60 Å². The number of hydrogen-bond acceptors (Lipinski definition) is 4. The molecule has 0 spiro atoms. The molecule has 0 unspecified atom stereocenters. The highest BCUT2D eigenvalue weighted by molar-refractivity contribution is 6.36. The van der Waals surface area contributed by atoms with Gasteiger partial charge in [-0.2, -0.15) is 0 Å². The Morgan fingerprint density at radius 3 is 2.38 bits per heavy atom. The van der Waals surface area contributed by atoms with Crippen molar-refractivity contribution >= 4 is 51.3 Å². The zero-order chi connectivity index (χ0) is 28.3. The molecule has 2 aliphatic heterocycles. The van der Waals surface area contributed by atoms with Crippen molar-refractivity contribution in [3.05, 3.63) is 70.2 Å². The van der Waals surface area contributed by atoms with E-state index in [0.29, 0.717) is 40.7 Å². The molecule has 0 saturated carbocycles. The third-order valence-electron chi connectivity index (χ3n) is 8.00. The van der Waals surface area contributed by atoms with Crippen LogP contribution in [-0.2, 0) is 18.2 Å². The molecule has 3 heterocycles. The summed E-state index contributed by atoms with van der Waals surface area (Å²) in [5, 5.41) is 4.74. The van der Waals surface area contributed by atoms with Crippen molar-refractivity contribution in [2.45, 2.75) is 45.6 Å². The van der Waals surface area contributed by atoms with Crippen LogP contribution in [0.15, 0.2) is 48.5 Å². The lowest BCUT2D eigenvalue weighted by Crippen LogP contribution is -2.42. The summed E-state index contributed by atoms with van der Waals surface area (Å²) in [6.07, 6.45) is 2.50. The van der Waals surface area contributed by atoms with Gasteiger partial charge in [-0.05, 0) is 75.3 Å². The van der Waals surface area contributed by atoms with Crippen LogP contribution in [0.5, 0.6) is 0 Å². The first-order valence-corrected chi connectivity index (χ1v) is 14.1. The third kappa shape index (κ3) is 4.52. The van der Waals surface area contributed by atoms with E-state index in [4.69, 9.17) is 16.3 Å². The number of carbonyl (C=O) groups excluding carboxylic acids is 3. The summed E-state index contributed by atoms with van der Waals surface area (Å²) in [5.74, 6) is -0.319. The average molecular weight is 558 g/mol. The Kier molecular flexibility index (Phi) is 6.37. The molecule has 1 saturated heterocycles. The molecule has 0 atom stereocenters. The van der Waals surface area contributed by atoms with E-state index in [-0.39, 0.29) is 12.0 Å². The first-order chi connectivity index (χ1) is 19.0. The van der Waals surface area contributed by atoms with Crippen molar-refractivity contribution in [1.82, 2.24) is 14.8 Å². The summed E-state index contributed by atoms with van der Waals surface area (Å²) in [4.78, 5) is 40.3. The fourth-order valence-electron chi connectivity index (χ4n) is 6.09. The fraction of sp³-hybridized carbons (Fsp3) is 0.344. The van der Waals surface area contributed by atoms with E-state index in [1.807, 2.05) is 52.1 Å². The number of likely N-dealkylation sites (tertiary alicyclic amines) is 1. The number of nitrogens with one attached hydrogen (secondary N) is 1. The first-order valence-electron chi connectivity index (χ1n) is 13.7. The van der Waals surface area contributed by atoms with Gasteiger partial charge in [0.15, 0.2) is 0 Å². The summed E-state index contributed by atoms with van der Waals surface area (Å²) in [5.41, 5.74) is 4.74. The van der Waals surface area contributed by atoms with Gasteiger partial charge in [0.05, 0.1) is 16.6 Å². The minimum absolute atomic E-state index is 0.242. The highest BCUT2D eigenvalue weighted by Gasteiger charge is 2.35. The van der Waals surface area contributed by atoms with Gasteiger partial charge < -0.3 is 14.2 Å².